The summed E-state index contributed by atoms with van der Waals surface area (Å²) >= 11 is 0. The van der Waals surface area contributed by atoms with E-state index in [0.717, 1.165) is 5.56 Å². The van der Waals surface area contributed by atoms with Crippen LogP contribution in [0.4, 0.5) is 4.39 Å². The molecule has 0 fully saturated rings. The van der Waals surface area contributed by atoms with Crippen LogP contribution >= 0.6 is 0 Å². The fourth-order valence-corrected chi connectivity index (χ4v) is 1.53. The number of H-pyrrole nitrogens is 1. The van der Waals surface area contributed by atoms with Crippen LogP contribution in [0.25, 0.3) is 11.4 Å². The molecule has 1 N–H and O–H groups in total. The molecule has 0 saturated carbocycles. The van der Waals surface area contributed by atoms with Gasteiger partial charge in [-0.1, -0.05) is 6.92 Å². The van der Waals surface area contributed by atoms with Crippen molar-refractivity contribution in [3.05, 3.63) is 41.5 Å². The number of aryl methyl sites for hydroxylation is 1. The normalized spacial score (nSPS) is 10.4. The molecule has 1 aromatic heterocycles. The zero-order valence-electron chi connectivity index (χ0n) is 8.83. The fraction of sp³-hybridized carbons (Fsp3) is 0.167. The Kier molecular flexibility index (Phi) is 2.81. The molecule has 0 spiro atoms. The summed E-state index contributed by atoms with van der Waals surface area (Å²) in [6.45, 7) is 1.89. The predicted molar refractivity (Wildman–Crippen MR) is 58.7 cm³/mol. The van der Waals surface area contributed by atoms with Crippen molar-refractivity contribution in [3.8, 4) is 11.4 Å². The molecule has 0 aliphatic rings. The lowest BCUT2D eigenvalue weighted by atomic mass is 10.1. The lowest BCUT2D eigenvalue weighted by Gasteiger charge is -2.02. The maximum Gasteiger partial charge on any atom is 0.167 e. The highest BCUT2D eigenvalue weighted by atomic mass is 19.1. The summed E-state index contributed by atoms with van der Waals surface area (Å²) in [7, 11) is 0. The van der Waals surface area contributed by atoms with E-state index in [-0.39, 0.29) is 5.82 Å². The van der Waals surface area contributed by atoms with Crippen molar-refractivity contribution in [1.82, 2.24) is 9.97 Å². The van der Waals surface area contributed by atoms with Gasteiger partial charge in [-0.3, -0.25) is 4.79 Å². The van der Waals surface area contributed by atoms with Gasteiger partial charge in [-0.25, -0.2) is 9.37 Å². The number of aromatic amines is 1. The number of hydrogen-bond donors (Lipinski definition) is 1. The van der Waals surface area contributed by atoms with Gasteiger partial charge in [0, 0.05) is 5.56 Å². The lowest BCUT2D eigenvalue weighted by Crippen LogP contribution is -1.90. The highest BCUT2D eigenvalue weighted by Gasteiger charge is 2.06. The second kappa shape index (κ2) is 4.26. The molecule has 1 heterocycles. The molecule has 2 rings (SSSR count). The van der Waals surface area contributed by atoms with Crippen molar-refractivity contribution in [1.29, 1.82) is 0 Å². The van der Waals surface area contributed by atoms with E-state index in [2.05, 4.69) is 9.97 Å². The van der Waals surface area contributed by atoms with Crippen molar-refractivity contribution in [3.63, 3.8) is 0 Å². The molecule has 1 aromatic carbocycles. The van der Waals surface area contributed by atoms with Gasteiger partial charge in [0.25, 0.3) is 0 Å². The average Bonchev–Trinajstić information content (AvgIpc) is 2.78. The average molecular weight is 218 g/mol. The summed E-state index contributed by atoms with van der Waals surface area (Å²) in [5.41, 5.74) is 1.84. The van der Waals surface area contributed by atoms with Crippen LogP contribution < -0.4 is 0 Å². The number of hydrogen-bond acceptors (Lipinski definition) is 2. The van der Waals surface area contributed by atoms with Crippen LogP contribution in [-0.4, -0.2) is 16.3 Å². The number of nitrogens with one attached hydrogen (secondary N) is 1. The van der Waals surface area contributed by atoms with Crippen molar-refractivity contribution in [2.45, 2.75) is 13.3 Å². The monoisotopic (exact) mass is 218 g/mol. The van der Waals surface area contributed by atoms with Gasteiger partial charge in [-0.2, -0.15) is 0 Å². The molecule has 82 valence electrons. The van der Waals surface area contributed by atoms with E-state index in [0.29, 0.717) is 29.8 Å². The van der Waals surface area contributed by atoms with E-state index in [9.17, 15) is 9.18 Å². The number of imidazole rings is 1. The Morgan fingerprint density at radius 2 is 2.31 bits per heavy atom. The van der Waals surface area contributed by atoms with Crippen LogP contribution in [0.5, 0.6) is 0 Å². The number of aromatic nitrogens is 2. The Hall–Kier alpha value is -1.97. The highest BCUT2D eigenvalue weighted by Crippen LogP contribution is 2.19. The molecule has 0 amide bonds. The smallest absolute Gasteiger partial charge is 0.167 e. The van der Waals surface area contributed by atoms with Gasteiger partial charge < -0.3 is 4.98 Å². The van der Waals surface area contributed by atoms with Gasteiger partial charge in [0.15, 0.2) is 6.29 Å². The maximum atomic E-state index is 13.3. The quantitative estimate of drug-likeness (QED) is 0.805. The first-order valence-electron chi connectivity index (χ1n) is 5.03. The first kappa shape index (κ1) is 10.5. The molecule has 0 saturated heterocycles. The van der Waals surface area contributed by atoms with E-state index in [4.69, 9.17) is 0 Å². The summed E-state index contributed by atoms with van der Waals surface area (Å²) < 4.78 is 13.3. The molecule has 0 unspecified atom stereocenters. The minimum absolute atomic E-state index is 0.214. The van der Waals surface area contributed by atoms with Crippen LogP contribution in [0.15, 0.2) is 24.4 Å². The van der Waals surface area contributed by atoms with E-state index in [1.807, 2.05) is 6.92 Å². The molecule has 0 radical (unpaired) electrons. The Morgan fingerprint density at radius 3 is 2.94 bits per heavy atom. The first-order valence-corrected chi connectivity index (χ1v) is 5.03. The van der Waals surface area contributed by atoms with Crippen LogP contribution in [0.1, 0.15) is 23.0 Å². The Bertz CT molecular complexity index is 519. The van der Waals surface area contributed by atoms with Crippen molar-refractivity contribution in [2.75, 3.05) is 0 Å². The number of nitrogens with zero attached hydrogens (tertiary/aromatic N) is 1. The minimum Gasteiger partial charge on any atom is -0.336 e. The van der Waals surface area contributed by atoms with Crippen molar-refractivity contribution in [2.24, 2.45) is 0 Å². The van der Waals surface area contributed by atoms with E-state index in [1.165, 1.54) is 12.3 Å². The summed E-state index contributed by atoms with van der Waals surface area (Å²) in [4.78, 5) is 17.4. The van der Waals surface area contributed by atoms with Gasteiger partial charge >= 0.3 is 0 Å². The van der Waals surface area contributed by atoms with Crippen LogP contribution in [0.2, 0.25) is 0 Å². The molecular formula is C12H11FN2O. The topological polar surface area (TPSA) is 45.8 Å². The van der Waals surface area contributed by atoms with E-state index >= 15 is 0 Å². The summed E-state index contributed by atoms with van der Waals surface area (Å²) in [6, 6.07) is 4.79. The number of carbonyl (C=O) groups excluding carboxylic acids is 1. The SMILES string of the molecule is CCc1cc(-c2ncc(C=O)[nH]2)ccc1F. The van der Waals surface area contributed by atoms with E-state index in [1.54, 1.807) is 12.1 Å². The molecule has 2 aromatic rings. The number of carbonyl (C=O) groups is 1. The first-order chi connectivity index (χ1) is 7.74. The molecule has 3 nitrogen and oxygen atoms in total. The lowest BCUT2D eigenvalue weighted by molar-refractivity contribution is 0.111. The molecular weight excluding hydrogens is 207 g/mol. The third-order valence-corrected chi connectivity index (χ3v) is 2.42. The summed E-state index contributed by atoms with van der Waals surface area (Å²) in [5.74, 6) is 0.366. The van der Waals surface area contributed by atoms with E-state index < -0.39 is 0 Å². The molecule has 0 aliphatic heterocycles. The van der Waals surface area contributed by atoms with Gasteiger partial charge in [0.2, 0.25) is 0 Å². The third kappa shape index (κ3) is 1.86. The number of halogens is 1. The van der Waals surface area contributed by atoms with Gasteiger partial charge in [-0.15, -0.1) is 0 Å². The van der Waals surface area contributed by atoms with Crippen molar-refractivity contribution >= 4 is 6.29 Å². The largest absolute Gasteiger partial charge is 0.336 e. The van der Waals surface area contributed by atoms with Crippen LogP contribution in [0, 0.1) is 5.82 Å². The Morgan fingerprint density at radius 1 is 1.50 bits per heavy atom. The van der Waals surface area contributed by atoms with Crippen LogP contribution in [0.3, 0.4) is 0 Å². The van der Waals surface area contributed by atoms with Gasteiger partial charge in [0.1, 0.15) is 11.6 Å². The standard InChI is InChI=1S/C12H11FN2O/c1-2-8-5-9(3-4-11(8)13)12-14-6-10(7-16)15-12/h3-7H,2H2,1H3,(H,14,15). The van der Waals surface area contributed by atoms with Crippen LogP contribution in [-0.2, 0) is 6.42 Å². The summed E-state index contributed by atoms with van der Waals surface area (Å²) in [6.07, 6.45) is 2.78. The molecule has 0 bridgehead atoms. The maximum absolute atomic E-state index is 13.3. The number of aldehydes is 1. The zero-order valence-corrected chi connectivity index (χ0v) is 8.83. The number of rotatable bonds is 3. The zero-order chi connectivity index (χ0) is 11.5. The fourth-order valence-electron chi connectivity index (χ4n) is 1.53. The molecule has 16 heavy (non-hydrogen) atoms. The second-order valence-electron chi connectivity index (χ2n) is 3.46. The molecule has 0 atom stereocenters. The Labute approximate surface area is 92.3 Å². The molecule has 0 aliphatic carbocycles. The number of benzene rings is 1. The van der Waals surface area contributed by atoms with Gasteiger partial charge in [-0.05, 0) is 30.2 Å². The van der Waals surface area contributed by atoms with Gasteiger partial charge in [0.05, 0.1) is 11.9 Å². The predicted octanol–water partition coefficient (Wildman–Crippen LogP) is 2.59. The summed E-state index contributed by atoms with van der Waals surface area (Å²) in [5, 5.41) is 0. The molecule has 4 heteroatoms. The second-order valence-corrected chi connectivity index (χ2v) is 3.46. The minimum atomic E-state index is -0.214. The Balaban J connectivity index is 2.43. The third-order valence-electron chi connectivity index (χ3n) is 2.42. The highest BCUT2D eigenvalue weighted by molar-refractivity contribution is 5.73. The van der Waals surface area contributed by atoms with Crippen molar-refractivity contribution < 1.29 is 9.18 Å².